The maximum absolute atomic E-state index is 11.9. The molecule has 0 heterocycles. The summed E-state index contributed by atoms with van der Waals surface area (Å²) in [6.07, 6.45) is 15.4. The van der Waals surface area contributed by atoms with Crippen LogP contribution in [0.4, 0.5) is 0 Å². The molecule has 0 bridgehead atoms. The van der Waals surface area contributed by atoms with Gasteiger partial charge in [0.1, 0.15) is 6.54 Å². The molecule has 0 spiro atoms. The first-order valence-corrected chi connectivity index (χ1v) is 8.91. The highest BCUT2D eigenvalue weighted by atomic mass is 16.5. The van der Waals surface area contributed by atoms with Crippen molar-refractivity contribution in [1.82, 2.24) is 0 Å². The molecule has 0 aromatic carbocycles. The van der Waals surface area contributed by atoms with Crippen molar-refractivity contribution in [2.45, 2.75) is 51.6 Å². The average Bonchev–Trinajstić information content (AvgIpc) is 2.46. The first-order valence-electron chi connectivity index (χ1n) is 8.91. The molecule has 1 unspecified atom stereocenters. The topological polar surface area (TPSA) is 63.6 Å². The standard InChI is InChI=1S/C20H33NO4/c1-5-6-7-8-9-10-11-12-13-14-15-20(24)25-18(16-19(22)23)17-21(2,3)4/h5-10,18H,11-17H2,1-4H3/p+1/b6-5+,8-7+,10-9+. The number of carboxylic acids is 1. The van der Waals surface area contributed by atoms with E-state index >= 15 is 0 Å². The fraction of sp³-hybridized carbons (Fsp3) is 0.600. The number of ether oxygens (including phenoxy) is 1. The molecular weight excluding hydrogens is 318 g/mol. The zero-order chi connectivity index (χ0) is 19.1. The number of carboxylic acid groups (broad SMARTS) is 1. The number of rotatable bonds is 13. The third-order valence-electron chi connectivity index (χ3n) is 3.37. The highest BCUT2D eigenvalue weighted by molar-refractivity contribution is 5.71. The van der Waals surface area contributed by atoms with E-state index in [1.807, 2.05) is 58.4 Å². The van der Waals surface area contributed by atoms with Crippen molar-refractivity contribution >= 4 is 11.9 Å². The van der Waals surface area contributed by atoms with Gasteiger partial charge in [-0.3, -0.25) is 9.59 Å². The van der Waals surface area contributed by atoms with Gasteiger partial charge in [0.05, 0.1) is 27.6 Å². The van der Waals surface area contributed by atoms with Gasteiger partial charge in [0.2, 0.25) is 0 Å². The first kappa shape index (κ1) is 23.1. The summed E-state index contributed by atoms with van der Waals surface area (Å²) in [6, 6.07) is 0. The molecule has 5 nitrogen and oxygen atoms in total. The second-order valence-electron chi connectivity index (χ2n) is 7.12. The number of carbonyl (C=O) groups is 2. The van der Waals surface area contributed by atoms with Gasteiger partial charge in [-0.05, 0) is 26.2 Å². The fourth-order valence-electron chi connectivity index (χ4n) is 2.32. The Kier molecular flexibility index (Phi) is 12.4. The van der Waals surface area contributed by atoms with E-state index in [9.17, 15) is 9.59 Å². The van der Waals surface area contributed by atoms with E-state index in [0.29, 0.717) is 17.4 Å². The zero-order valence-corrected chi connectivity index (χ0v) is 16.1. The van der Waals surface area contributed by atoms with Crippen LogP contribution in [-0.2, 0) is 14.3 Å². The van der Waals surface area contributed by atoms with Crippen molar-refractivity contribution < 1.29 is 23.9 Å². The predicted molar refractivity (Wildman–Crippen MR) is 101 cm³/mol. The van der Waals surface area contributed by atoms with E-state index < -0.39 is 12.1 Å². The molecule has 0 aliphatic heterocycles. The van der Waals surface area contributed by atoms with Crippen LogP contribution in [0.3, 0.4) is 0 Å². The van der Waals surface area contributed by atoms with Crippen molar-refractivity contribution in [2.75, 3.05) is 27.7 Å². The number of hydrogen-bond donors (Lipinski definition) is 1. The molecule has 0 aliphatic rings. The third-order valence-corrected chi connectivity index (χ3v) is 3.37. The van der Waals surface area contributed by atoms with Gasteiger partial charge in [0.25, 0.3) is 0 Å². The van der Waals surface area contributed by atoms with Gasteiger partial charge in [0, 0.05) is 6.42 Å². The molecule has 0 amide bonds. The molecule has 5 heteroatoms. The van der Waals surface area contributed by atoms with Crippen LogP contribution in [0.25, 0.3) is 0 Å². The van der Waals surface area contributed by atoms with Crippen molar-refractivity contribution in [3.63, 3.8) is 0 Å². The molecule has 142 valence electrons. The van der Waals surface area contributed by atoms with Crippen LogP contribution in [0, 0.1) is 0 Å². The molecule has 0 fully saturated rings. The monoisotopic (exact) mass is 352 g/mol. The lowest BCUT2D eigenvalue weighted by Gasteiger charge is -2.28. The Bertz CT molecular complexity index is 473. The number of carbonyl (C=O) groups excluding carboxylic acids is 1. The molecule has 0 aromatic rings. The molecule has 0 saturated heterocycles. The number of aliphatic carboxylic acids is 1. The quantitative estimate of drug-likeness (QED) is 0.237. The predicted octanol–water partition coefficient (Wildman–Crippen LogP) is 3.72. The van der Waals surface area contributed by atoms with Gasteiger partial charge in [-0.2, -0.15) is 0 Å². The summed E-state index contributed by atoms with van der Waals surface area (Å²) in [4.78, 5) is 22.8. The minimum absolute atomic E-state index is 0.146. The number of hydrogen-bond acceptors (Lipinski definition) is 3. The summed E-state index contributed by atoms with van der Waals surface area (Å²) >= 11 is 0. The Morgan fingerprint density at radius 2 is 1.72 bits per heavy atom. The van der Waals surface area contributed by atoms with E-state index in [0.717, 1.165) is 25.7 Å². The van der Waals surface area contributed by atoms with Crippen LogP contribution in [-0.4, -0.2) is 55.3 Å². The summed E-state index contributed by atoms with van der Waals surface area (Å²) < 4.78 is 5.91. The van der Waals surface area contributed by atoms with Crippen LogP contribution in [0.5, 0.6) is 0 Å². The van der Waals surface area contributed by atoms with Crippen LogP contribution >= 0.6 is 0 Å². The number of unbranched alkanes of at least 4 members (excludes halogenated alkanes) is 3. The lowest BCUT2D eigenvalue weighted by Crippen LogP contribution is -2.43. The minimum Gasteiger partial charge on any atom is -0.481 e. The summed E-state index contributed by atoms with van der Waals surface area (Å²) in [7, 11) is 5.85. The van der Waals surface area contributed by atoms with Crippen molar-refractivity contribution in [3.8, 4) is 0 Å². The first-order chi connectivity index (χ1) is 11.7. The molecule has 0 radical (unpaired) electrons. The molecular formula is C20H34NO4+. The Labute approximate surface area is 152 Å². The van der Waals surface area contributed by atoms with Crippen molar-refractivity contribution in [1.29, 1.82) is 0 Å². The molecule has 0 saturated carbocycles. The van der Waals surface area contributed by atoms with Crippen LogP contribution < -0.4 is 0 Å². The van der Waals surface area contributed by atoms with E-state index in [2.05, 4.69) is 6.08 Å². The summed E-state index contributed by atoms with van der Waals surface area (Å²) in [6.45, 7) is 2.47. The van der Waals surface area contributed by atoms with Gasteiger partial charge < -0.3 is 14.3 Å². The molecule has 1 atom stereocenters. The Balaban J connectivity index is 3.97. The van der Waals surface area contributed by atoms with Gasteiger partial charge in [0.15, 0.2) is 6.10 Å². The van der Waals surface area contributed by atoms with Crippen molar-refractivity contribution in [3.05, 3.63) is 36.5 Å². The van der Waals surface area contributed by atoms with Crippen molar-refractivity contribution in [2.24, 2.45) is 0 Å². The van der Waals surface area contributed by atoms with E-state index in [1.165, 1.54) is 0 Å². The molecule has 25 heavy (non-hydrogen) atoms. The van der Waals surface area contributed by atoms with Crippen LogP contribution in [0.2, 0.25) is 0 Å². The highest BCUT2D eigenvalue weighted by Gasteiger charge is 2.24. The average molecular weight is 352 g/mol. The lowest BCUT2D eigenvalue weighted by molar-refractivity contribution is -0.873. The summed E-state index contributed by atoms with van der Waals surface area (Å²) in [5, 5.41) is 8.95. The van der Waals surface area contributed by atoms with E-state index in [-0.39, 0.29) is 12.4 Å². The van der Waals surface area contributed by atoms with Gasteiger partial charge in [-0.25, -0.2) is 0 Å². The minimum atomic E-state index is -0.943. The largest absolute Gasteiger partial charge is 0.481 e. The zero-order valence-electron chi connectivity index (χ0n) is 16.1. The normalized spacial score (nSPS) is 13.8. The lowest BCUT2D eigenvalue weighted by atomic mass is 10.1. The maximum Gasteiger partial charge on any atom is 0.307 e. The van der Waals surface area contributed by atoms with E-state index in [1.54, 1.807) is 0 Å². The number of likely N-dealkylation sites (N-methyl/N-ethyl adjacent to an activating group) is 1. The van der Waals surface area contributed by atoms with E-state index in [4.69, 9.17) is 9.84 Å². The smallest absolute Gasteiger partial charge is 0.307 e. The Morgan fingerprint density at radius 1 is 1.04 bits per heavy atom. The number of allylic oxidation sites excluding steroid dienone is 6. The maximum atomic E-state index is 11.9. The second kappa shape index (κ2) is 13.4. The summed E-state index contributed by atoms with van der Waals surface area (Å²) in [5.74, 6) is -1.24. The SMILES string of the molecule is C/C=C/C=C/C=C/CCCCCC(=O)OC(CC(=O)O)C[N+](C)(C)C. The molecule has 1 N–H and O–H groups in total. The Hall–Kier alpha value is -1.88. The second-order valence-corrected chi connectivity index (χ2v) is 7.12. The number of esters is 1. The fourth-order valence-corrected chi connectivity index (χ4v) is 2.32. The number of nitrogens with zero attached hydrogens (tertiary/aromatic N) is 1. The highest BCUT2D eigenvalue weighted by Crippen LogP contribution is 2.09. The van der Waals surface area contributed by atoms with Gasteiger partial charge >= 0.3 is 11.9 Å². The van der Waals surface area contributed by atoms with Crippen LogP contribution in [0.1, 0.15) is 45.4 Å². The van der Waals surface area contributed by atoms with Gasteiger partial charge in [-0.15, -0.1) is 0 Å². The third kappa shape index (κ3) is 16.8. The molecule has 0 rings (SSSR count). The molecule has 0 aliphatic carbocycles. The van der Waals surface area contributed by atoms with Crippen LogP contribution in [0.15, 0.2) is 36.5 Å². The molecule has 0 aromatic heterocycles. The summed E-state index contributed by atoms with van der Waals surface area (Å²) in [5.41, 5.74) is 0. The number of quaternary nitrogens is 1. The Morgan fingerprint density at radius 3 is 2.32 bits per heavy atom. The van der Waals surface area contributed by atoms with Gasteiger partial charge in [-0.1, -0.05) is 42.9 Å².